The molecule has 3 aromatic rings. The molecule has 0 heterocycles. The second kappa shape index (κ2) is 8.81. The van der Waals surface area contributed by atoms with Gasteiger partial charge in [0.1, 0.15) is 12.4 Å². The second-order valence-corrected chi connectivity index (χ2v) is 6.69. The monoisotopic (exact) mass is 366 g/mol. The number of hydrogen-bond acceptors (Lipinski definition) is 1. The summed E-state index contributed by atoms with van der Waals surface area (Å²) in [5.41, 5.74) is 1.92. The fourth-order valence-electron chi connectivity index (χ4n) is 3.21. The molecule has 0 amide bonds. The van der Waals surface area contributed by atoms with Gasteiger partial charge in [0.2, 0.25) is 0 Å². The average Bonchev–Trinajstić information content (AvgIpc) is 2.70. The third-order valence-corrected chi connectivity index (χ3v) is 4.69. The van der Waals surface area contributed by atoms with Crippen LogP contribution in [-0.4, -0.2) is 6.61 Å². The predicted molar refractivity (Wildman–Crippen MR) is 108 cm³/mol. The Morgan fingerprint density at radius 2 is 1.74 bits per heavy atom. The lowest BCUT2D eigenvalue weighted by Crippen LogP contribution is -1.95. The molecule has 0 bridgehead atoms. The summed E-state index contributed by atoms with van der Waals surface area (Å²) in [7, 11) is 0. The molecule has 0 spiro atoms. The van der Waals surface area contributed by atoms with Crippen molar-refractivity contribution >= 4 is 10.8 Å². The van der Waals surface area contributed by atoms with Gasteiger partial charge in [-0.3, -0.25) is 0 Å². The van der Waals surface area contributed by atoms with Crippen molar-refractivity contribution in [3.05, 3.63) is 78.4 Å². The third kappa shape index (κ3) is 4.36. The van der Waals surface area contributed by atoms with Crippen LogP contribution in [0.5, 0.6) is 5.75 Å². The van der Waals surface area contributed by atoms with Crippen LogP contribution in [0.15, 0.2) is 61.2 Å². The van der Waals surface area contributed by atoms with Gasteiger partial charge >= 0.3 is 0 Å². The highest BCUT2D eigenvalue weighted by molar-refractivity contribution is 5.89. The Hall–Kier alpha value is -2.68. The molecule has 140 valence electrons. The third-order valence-electron chi connectivity index (χ3n) is 4.69. The quantitative estimate of drug-likeness (QED) is 0.306. The van der Waals surface area contributed by atoms with Gasteiger partial charge in [-0.2, -0.15) is 0 Å². The molecule has 3 heteroatoms. The summed E-state index contributed by atoms with van der Waals surface area (Å²) in [6, 6.07) is 14.3. The van der Waals surface area contributed by atoms with Crippen LogP contribution in [0, 0.1) is 11.6 Å². The van der Waals surface area contributed by atoms with E-state index in [0.29, 0.717) is 28.7 Å². The second-order valence-electron chi connectivity index (χ2n) is 6.69. The minimum atomic E-state index is -0.812. The van der Waals surface area contributed by atoms with Crippen LogP contribution < -0.4 is 4.74 Å². The van der Waals surface area contributed by atoms with Gasteiger partial charge in [0.25, 0.3) is 0 Å². The van der Waals surface area contributed by atoms with Crippen molar-refractivity contribution < 1.29 is 13.5 Å². The van der Waals surface area contributed by atoms with E-state index in [4.69, 9.17) is 4.74 Å². The molecule has 0 aliphatic heterocycles. The molecule has 0 N–H and O–H groups in total. The molecule has 0 unspecified atom stereocenters. The van der Waals surface area contributed by atoms with Gasteiger partial charge in [0, 0.05) is 10.9 Å². The number of aryl methyl sites for hydroxylation is 1. The van der Waals surface area contributed by atoms with Crippen LogP contribution in [0.2, 0.25) is 0 Å². The fraction of sp³-hybridized carbons (Fsp3) is 0.250. The topological polar surface area (TPSA) is 9.23 Å². The first-order chi connectivity index (χ1) is 13.1. The van der Waals surface area contributed by atoms with Gasteiger partial charge in [0.05, 0.1) is 0 Å². The van der Waals surface area contributed by atoms with Crippen molar-refractivity contribution in [3.8, 4) is 16.9 Å². The largest absolute Gasteiger partial charge is 0.490 e. The van der Waals surface area contributed by atoms with Gasteiger partial charge in [-0.15, -0.1) is 0 Å². The van der Waals surface area contributed by atoms with E-state index < -0.39 is 11.6 Å². The molecule has 0 aromatic heterocycles. The van der Waals surface area contributed by atoms with E-state index in [0.717, 1.165) is 31.2 Å². The van der Waals surface area contributed by atoms with Crippen molar-refractivity contribution in [2.75, 3.05) is 6.61 Å². The summed E-state index contributed by atoms with van der Waals surface area (Å²) < 4.78 is 34.9. The van der Waals surface area contributed by atoms with E-state index in [1.54, 1.807) is 42.5 Å². The molecular weight excluding hydrogens is 342 g/mol. The number of benzene rings is 3. The molecule has 3 aromatic carbocycles. The molecule has 0 atom stereocenters. The Labute approximate surface area is 159 Å². The summed E-state index contributed by atoms with van der Waals surface area (Å²) in [5, 5.41) is 1.05. The van der Waals surface area contributed by atoms with Crippen LogP contribution in [0.1, 0.15) is 31.7 Å². The fourth-order valence-corrected chi connectivity index (χ4v) is 3.21. The summed E-state index contributed by atoms with van der Waals surface area (Å²) in [6.07, 6.45) is 5.88. The van der Waals surface area contributed by atoms with Crippen molar-refractivity contribution in [2.45, 2.75) is 32.6 Å². The summed E-state index contributed by atoms with van der Waals surface area (Å²) in [5.74, 6) is -0.933. The van der Waals surface area contributed by atoms with Gasteiger partial charge in [0.15, 0.2) is 11.6 Å². The van der Waals surface area contributed by atoms with E-state index in [1.807, 2.05) is 12.1 Å². The van der Waals surface area contributed by atoms with E-state index >= 15 is 0 Å². The number of rotatable bonds is 8. The molecule has 0 aliphatic carbocycles. The SMILES string of the molecule is C=CCOc1ccc(-c2cc3ccc(CCCCC)cc3c(F)c2F)cc1. The minimum absolute atomic E-state index is 0.258. The predicted octanol–water partition coefficient (Wildman–Crippen LogP) is 7.08. The van der Waals surface area contributed by atoms with E-state index in [2.05, 4.69) is 13.5 Å². The van der Waals surface area contributed by atoms with Crippen LogP contribution in [0.4, 0.5) is 8.78 Å². The lowest BCUT2D eigenvalue weighted by atomic mass is 9.97. The highest BCUT2D eigenvalue weighted by Gasteiger charge is 2.15. The van der Waals surface area contributed by atoms with Crippen molar-refractivity contribution in [1.29, 1.82) is 0 Å². The molecule has 0 radical (unpaired) electrons. The van der Waals surface area contributed by atoms with Crippen molar-refractivity contribution in [2.24, 2.45) is 0 Å². The maximum Gasteiger partial charge on any atom is 0.167 e. The zero-order valence-corrected chi connectivity index (χ0v) is 15.6. The molecule has 0 fully saturated rings. The zero-order valence-electron chi connectivity index (χ0n) is 15.6. The first kappa shape index (κ1) is 19.1. The maximum atomic E-state index is 14.7. The van der Waals surface area contributed by atoms with Crippen LogP contribution >= 0.6 is 0 Å². The zero-order chi connectivity index (χ0) is 19.2. The summed E-state index contributed by atoms with van der Waals surface area (Å²) >= 11 is 0. The molecule has 0 saturated heterocycles. The van der Waals surface area contributed by atoms with E-state index in [1.165, 1.54) is 0 Å². The number of unbranched alkanes of at least 4 members (excludes halogenated alkanes) is 2. The Morgan fingerprint density at radius 1 is 0.963 bits per heavy atom. The Bertz CT molecular complexity index is 929. The van der Waals surface area contributed by atoms with E-state index in [-0.39, 0.29) is 5.56 Å². The van der Waals surface area contributed by atoms with Crippen LogP contribution in [0.3, 0.4) is 0 Å². The maximum absolute atomic E-state index is 14.7. The lowest BCUT2D eigenvalue weighted by Gasteiger charge is -2.11. The van der Waals surface area contributed by atoms with Crippen LogP contribution in [-0.2, 0) is 6.42 Å². The first-order valence-electron chi connectivity index (χ1n) is 9.38. The van der Waals surface area contributed by atoms with Crippen molar-refractivity contribution in [3.63, 3.8) is 0 Å². The van der Waals surface area contributed by atoms with Gasteiger partial charge in [-0.05, 0) is 53.6 Å². The normalized spacial score (nSPS) is 10.9. The van der Waals surface area contributed by atoms with Crippen LogP contribution in [0.25, 0.3) is 21.9 Å². The Morgan fingerprint density at radius 3 is 2.44 bits per heavy atom. The average molecular weight is 366 g/mol. The Kier molecular flexibility index (Phi) is 6.23. The Balaban J connectivity index is 1.94. The standard InChI is InChI=1S/C24H24F2O/c1-3-5-6-7-17-8-9-19-16-22(24(26)23(25)21(19)15-17)18-10-12-20(13-11-18)27-14-4-2/h4,8-13,15-16H,2-3,5-7,14H2,1H3. The van der Waals surface area contributed by atoms with Gasteiger partial charge in [-0.25, -0.2) is 8.78 Å². The lowest BCUT2D eigenvalue weighted by molar-refractivity contribution is 0.363. The summed E-state index contributed by atoms with van der Waals surface area (Å²) in [6.45, 7) is 6.15. The molecule has 0 saturated carbocycles. The number of halogens is 2. The highest BCUT2D eigenvalue weighted by atomic mass is 19.2. The molecule has 0 aliphatic rings. The van der Waals surface area contributed by atoms with Gasteiger partial charge < -0.3 is 4.74 Å². The number of hydrogen-bond donors (Lipinski definition) is 0. The highest BCUT2D eigenvalue weighted by Crippen LogP contribution is 2.32. The first-order valence-corrected chi connectivity index (χ1v) is 9.38. The van der Waals surface area contributed by atoms with E-state index in [9.17, 15) is 8.78 Å². The van der Waals surface area contributed by atoms with Crippen molar-refractivity contribution in [1.82, 2.24) is 0 Å². The number of fused-ring (bicyclic) bond motifs is 1. The minimum Gasteiger partial charge on any atom is -0.490 e. The molecule has 27 heavy (non-hydrogen) atoms. The number of ether oxygens (including phenoxy) is 1. The molecular formula is C24H24F2O. The van der Waals surface area contributed by atoms with Gasteiger partial charge in [-0.1, -0.05) is 56.7 Å². The summed E-state index contributed by atoms with van der Waals surface area (Å²) in [4.78, 5) is 0. The smallest absolute Gasteiger partial charge is 0.167 e. The molecule has 1 nitrogen and oxygen atoms in total. The molecule has 3 rings (SSSR count).